The molecule has 0 fully saturated rings. The van der Waals surface area contributed by atoms with Crippen LogP contribution in [0.25, 0.3) is 22.3 Å². The van der Waals surface area contributed by atoms with Gasteiger partial charge in [-0.2, -0.15) is 0 Å². The summed E-state index contributed by atoms with van der Waals surface area (Å²) in [7, 11) is 0. The van der Waals surface area contributed by atoms with E-state index >= 15 is 0 Å². The average molecular weight is 284 g/mol. The van der Waals surface area contributed by atoms with Gasteiger partial charge in [0, 0.05) is 0 Å². The van der Waals surface area contributed by atoms with Crippen molar-refractivity contribution < 1.29 is 13.2 Å². The summed E-state index contributed by atoms with van der Waals surface area (Å²) in [6.07, 6.45) is 0. The predicted molar refractivity (Wildman–Crippen MR) is 77.2 cm³/mol. The van der Waals surface area contributed by atoms with Crippen molar-refractivity contribution in [3.63, 3.8) is 0 Å². The van der Waals surface area contributed by atoms with Gasteiger partial charge in [-0.25, -0.2) is 13.2 Å². The molecule has 104 valence electrons. The van der Waals surface area contributed by atoms with Crippen molar-refractivity contribution >= 4 is 0 Å². The van der Waals surface area contributed by atoms with E-state index in [2.05, 4.69) is 0 Å². The van der Waals surface area contributed by atoms with E-state index in [1.165, 1.54) is 0 Å². The van der Waals surface area contributed by atoms with Gasteiger partial charge in [0.25, 0.3) is 0 Å². The molecule has 0 aliphatic heterocycles. The lowest BCUT2D eigenvalue weighted by Gasteiger charge is -2.06. The highest BCUT2D eigenvalue weighted by molar-refractivity contribution is 5.70. The van der Waals surface area contributed by atoms with Crippen LogP contribution >= 0.6 is 0 Å². The number of benzene rings is 3. The first-order chi connectivity index (χ1) is 10.1. The minimum Gasteiger partial charge on any atom is -0.204 e. The summed E-state index contributed by atoms with van der Waals surface area (Å²) in [5.74, 6) is -3.81. The maximum absolute atomic E-state index is 13.3. The molecule has 0 N–H and O–H groups in total. The molecule has 3 rings (SSSR count). The van der Waals surface area contributed by atoms with Crippen molar-refractivity contribution in [3.8, 4) is 22.3 Å². The van der Waals surface area contributed by atoms with Gasteiger partial charge in [-0.3, -0.25) is 0 Å². The Morgan fingerprint density at radius 3 is 1.43 bits per heavy atom. The second kappa shape index (κ2) is 5.44. The van der Waals surface area contributed by atoms with Crippen LogP contribution in [-0.4, -0.2) is 0 Å². The molecule has 3 aromatic carbocycles. The highest BCUT2D eigenvalue weighted by Gasteiger charge is 2.11. The second-order valence-corrected chi connectivity index (χ2v) is 4.70. The van der Waals surface area contributed by atoms with Gasteiger partial charge in [0.2, 0.25) is 0 Å². The van der Waals surface area contributed by atoms with E-state index in [0.29, 0.717) is 11.1 Å². The molecule has 3 aromatic rings. The first kappa shape index (κ1) is 13.4. The maximum Gasteiger partial charge on any atom is 0.194 e. The zero-order valence-corrected chi connectivity index (χ0v) is 11.0. The Balaban J connectivity index is 1.98. The molecule has 3 heteroatoms. The van der Waals surface area contributed by atoms with Crippen LogP contribution in [0.2, 0.25) is 0 Å². The normalized spacial score (nSPS) is 10.6. The number of hydrogen-bond donors (Lipinski definition) is 0. The number of rotatable bonds is 2. The lowest BCUT2D eigenvalue weighted by atomic mass is 10.0. The summed E-state index contributed by atoms with van der Waals surface area (Å²) in [6.45, 7) is 0. The van der Waals surface area contributed by atoms with E-state index < -0.39 is 17.5 Å². The Morgan fingerprint density at radius 1 is 0.476 bits per heavy atom. The molecule has 0 nitrogen and oxygen atoms in total. The highest BCUT2D eigenvalue weighted by atomic mass is 19.2. The molecule has 0 unspecified atom stereocenters. The second-order valence-electron chi connectivity index (χ2n) is 4.70. The molecule has 0 spiro atoms. The smallest absolute Gasteiger partial charge is 0.194 e. The summed E-state index contributed by atoms with van der Waals surface area (Å²) in [4.78, 5) is 0. The molecule has 0 aliphatic rings. The van der Waals surface area contributed by atoms with Crippen molar-refractivity contribution in [1.82, 2.24) is 0 Å². The number of halogens is 3. The van der Waals surface area contributed by atoms with E-state index in [1.807, 2.05) is 42.5 Å². The molecular formula is C18H11F3. The van der Waals surface area contributed by atoms with Crippen molar-refractivity contribution in [2.45, 2.75) is 0 Å². The van der Waals surface area contributed by atoms with Crippen molar-refractivity contribution in [3.05, 3.63) is 84.2 Å². The fourth-order valence-corrected chi connectivity index (χ4v) is 2.21. The van der Waals surface area contributed by atoms with Crippen LogP contribution in [0.4, 0.5) is 13.2 Å². The fourth-order valence-electron chi connectivity index (χ4n) is 2.21. The maximum atomic E-state index is 13.3. The Hall–Kier alpha value is -2.55. The van der Waals surface area contributed by atoms with Crippen LogP contribution in [0.5, 0.6) is 0 Å². The van der Waals surface area contributed by atoms with E-state index in [1.54, 1.807) is 12.1 Å². The molecule has 0 atom stereocenters. The van der Waals surface area contributed by atoms with E-state index in [-0.39, 0.29) is 0 Å². The monoisotopic (exact) mass is 284 g/mol. The largest absolute Gasteiger partial charge is 0.204 e. The molecule has 0 heterocycles. The molecule has 0 aromatic heterocycles. The van der Waals surface area contributed by atoms with Crippen molar-refractivity contribution in [2.24, 2.45) is 0 Å². The lowest BCUT2D eigenvalue weighted by Crippen LogP contribution is -1.91. The molecule has 0 saturated carbocycles. The minimum atomic E-state index is -1.44. The van der Waals surface area contributed by atoms with E-state index in [4.69, 9.17) is 0 Å². The fraction of sp³-hybridized carbons (Fsp3) is 0. The summed E-state index contributed by atoms with van der Waals surface area (Å²) >= 11 is 0. The summed E-state index contributed by atoms with van der Waals surface area (Å²) < 4.78 is 39.5. The Morgan fingerprint density at radius 2 is 0.905 bits per heavy atom. The Labute approximate surface area is 120 Å². The van der Waals surface area contributed by atoms with Crippen molar-refractivity contribution in [1.29, 1.82) is 0 Å². The molecule has 0 aliphatic carbocycles. The van der Waals surface area contributed by atoms with Gasteiger partial charge in [-0.15, -0.1) is 0 Å². The zero-order valence-electron chi connectivity index (χ0n) is 11.0. The highest BCUT2D eigenvalue weighted by Crippen LogP contribution is 2.26. The summed E-state index contributed by atoms with van der Waals surface area (Å²) in [6, 6.07) is 19.0. The van der Waals surface area contributed by atoms with Gasteiger partial charge < -0.3 is 0 Å². The summed E-state index contributed by atoms with van der Waals surface area (Å²) in [5, 5.41) is 0. The van der Waals surface area contributed by atoms with Crippen molar-refractivity contribution in [2.75, 3.05) is 0 Å². The zero-order chi connectivity index (χ0) is 14.8. The summed E-state index contributed by atoms with van der Waals surface area (Å²) in [5.41, 5.74) is 3.00. The average Bonchev–Trinajstić information content (AvgIpc) is 2.53. The van der Waals surface area contributed by atoms with Gasteiger partial charge in [-0.05, 0) is 34.4 Å². The van der Waals surface area contributed by atoms with Gasteiger partial charge in [0.1, 0.15) is 0 Å². The standard InChI is InChI=1S/C18H11F3/c19-16-10-15(11-17(20)18(16)21)14-8-6-13(7-9-14)12-4-2-1-3-5-12/h1-11H. The minimum absolute atomic E-state index is 0.311. The van der Waals surface area contributed by atoms with Gasteiger partial charge in [0.05, 0.1) is 0 Å². The Bertz CT molecular complexity index is 739. The molecule has 0 bridgehead atoms. The number of hydrogen-bond acceptors (Lipinski definition) is 0. The first-order valence-electron chi connectivity index (χ1n) is 6.45. The molecule has 0 radical (unpaired) electrons. The molecule has 21 heavy (non-hydrogen) atoms. The predicted octanol–water partition coefficient (Wildman–Crippen LogP) is 5.44. The van der Waals surface area contributed by atoms with Gasteiger partial charge in [0.15, 0.2) is 17.5 Å². The third-order valence-electron chi connectivity index (χ3n) is 3.31. The first-order valence-corrected chi connectivity index (χ1v) is 6.45. The molecular weight excluding hydrogens is 273 g/mol. The molecule has 0 amide bonds. The van der Waals surface area contributed by atoms with E-state index in [9.17, 15) is 13.2 Å². The Kier molecular flexibility index (Phi) is 3.48. The third kappa shape index (κ3) is 2.68. The quantitative estimate of drug-likeness (QED) is 0.550. The van der Waals surface area contributed by atoms with Crippen LogP contribution in [0.1, 0.15) is 0 Å². The van der Waals surface area contributed by atoms with Crippen LogP contribution in [0.3, 0.4) is 0 Å². The third-order valence-corrected chi connectivity index (χ3v) is 3.31. The molecule has 0 saturated heterocycles. The van der Waals surface area contributed by atoms with Gasteiger partial charge in [-0.1, -0.05) is 54.6 Å². The van der Waals surface area contributed by atoms with Gasteiger partial charge >= 0.3 is 0 Å². The van der Waals surface area contributed by atoms with Crippen LogP contribution < -0.4 is 0 Å². The van der Waals surface area contributed by atoms with Crippen LogP contribution in [0.15, 0.2) is 66.7 Å². The van der Waals surface area contributed by atoms with Crippen LogP contribution in [0, 0.1) is 17.5 Å². The topological polar surface area (TPSA) is 0 Å². The lowest BCUT2D eigenvalue weighted by molar-refractivity contribution is 0.448. The SMILES string of the molecule is Fc1cc(-c2ccc(-c3ccccc3)cc2)cc(F)c1F. The van der Waals surface area contributed by atoms with E-state index in [0.717, 1.165) is 23.3 Å². The van der Waals surface area contributed by atoms with Crippen LogP contribution in [-0.2, 0) is 0 Å².